The molecule has 0 unspecified atom stereocenters. The largest absolute Gasteiger partial charge is 0.467 e. The molecule has 1 atom stereocenters. The molecule has 0 aromatic heterocycles. The van der Waals surface area contributed by atoms with Gasteiger partial charge >= 0.3 is 0 Å². The van der Waals surface area contributed by atoms with E-state index in [1.165, 1.54) is 6.07 Å². The minimum Gasteiger partial charge on any atom is -0.467 e. The fraction of sp³-hybridized carbons (Fsp3) is 0.600. The maximum Gasteiger partial charge on any atom is 0.189 e. The minimum atomic E-state index is -0.225. The fourth-order valence-corrected chi connectivity index (χ4v) is 2.72. The zero-order valence-electron chi connectivity index (χ0n) is 11.5. The highest BCUT2D eigenvalue weighted by molar-refractivity contribution is 5.42. The van der Waals surface area contributed by atoms with E-state index in [9.17, 15) is 4.39 Å². The summed E-state index contributed by atoms with van der Waals surface area (Å²) in [6, 6.07) is 3.05. The average Bonchev–Trinajstić information content (AvgIpc) is 2.96. The van der Waals surface area contributed by atoms with Crippen LogP contribution in [0.15, 0.2) is 12.1 Å². The molecule has 2 aliphatic heterocycles. The molecule has 1 saturated heterocycles. The lowest BCUT2D eigenvalue weighted by Crippen LogP contribution is -2.25. The minimum absolute atomic E-state index is 0.225. The summed E-state index contributed by atoms with van der Waals surface area (Å²) < 4.78 is 29.6. The Morgan fingerprint density at radius 2 is 2.25 bits per heavy atom. The van der Waals surface area contributed by atoms with Gasteiger partial charge in [-0.1, -0.05) is 0 Å². The van der Waals surface area contributed by atoms with Crippen molar-refractivity contribution in [2.75, 3.05) is 33.1 Å². The molecule has 20 heavy (non-hydrogen) atoms. The van der Waals surface area contributed by atoms with E-state index in [1.54, 1.807) is 6.07 Å². The van der Waals surface area contributed by atoms with Crippen molar-refractivity contribution >= 4 is 0 Å². The second-order valence-electron chi connectivity index (χ2n) is 5.35. The third kappa shape index (κ3) is 3.29. The third-order valence-electron chi connectivity index (χ3n) is 3.78. The van der Waals surface area contributed by atoms with Gasteiger partial charge in [0, 0.05) is 18.7 Å². The number of nitrogens with one attached hydrogen (secondary N) is 1. The highest BCUT2D eigenvalue weighted by Crippen LogP contribution is 2.29. The number of fused-ring (bicyclic) bond motifs is 1. The standard InChI is InChI=1S/C15H20FNO3/c16-14-5-12(15-13(6-14)9-19-10-20-15)1-3-17-7-11-2-4-18-8-11/h5-6,11,17H,1-4,7-10H2/t11-/m0/s1. The zero-order valence-corrected chi connectivity index (χ0v) is 11.5. The first-order valence-electron chi connectivity index (χ1n) is 7.13. The number of hydrogen-bond donors (Lipinski definition) is 1. The summed E-state index contributed by atoms with van der Waals surface area (Å²) in [7, 11) is 0. The van der Waals surface area contributed by atoms with Crippen LogP contribution in [-0.4, -0.2) is 33.1 Å². The summed E-state index contributed by atoms with van der Waals surface area (Å²) in [6.45, 7) is 4.17. The van der Waals surface area contributed by atoms with Gasteiger partial charge in [0.05, 0.1) is 13.2 Å². The molecule has 1 aromatic rings. The molecule has 5 heteroatoms. The molecule has 0 aliphatic carbocycles. The summed E-state index contributed by atoms with van der Waals surface area (Å²) in [5, 5.41) is 3.41. The van der Waals surface area contributed by atoms with Gasteiger partial charge < -0.3 is 19.5 Å². The Morgan fingerprint density at radius 3 is 3.10 bits per heavy atom. The van der Waals surface area contributed by atoms with Crippen molar-refractivity contribution in [2.24, 2.45) is 5.92 Å². The van der Waals surface area contributed by atoms with Crippen LogP contribution in [0.1, 0.15) is 17.5 Å². The predicted octanol–water partition coefficient (Wildman–Crippen LogP) is 1.86. The molecule has 0 saturated carbocycles. The van der Waals surface area contributed by atoms with Gasteiger partial charge in [-0.2, -0.15) is 0 Å². The third-order valence-corrected chi connectivity index (χ3v) is 3.78. The Bertz CT molecular complexity index is 461. The summed E-state index contributed by atoms with van der Waals surface area (Å²) in [5.41, 5.74) is 1.72. The van der Waals surface area contributed by atoms with E-state index < -0.39 is 0 Å². The number of hydrogen-bond acceptors (Lipinski definition) is 4. The van der Waals surface area contributed by atoms with Crippen molar-refractivity contribution in [3.63, 3.8) is 0 Å². The Morgan fingerprint density at radius 1 is 1.30 bits per heavy atom. The smallest absolute Gasteiger partial charge is 0.189 e. The van der Waals surface area contributed by atoms with E-state index in [-0.39, 0.29) is 12.6 Å². The van der Waals surface area contributed by atoms with E-state index in [2.05, 4.69) is 5.32 Å². The molecule has 1 fully saturated rings. The second-order valence-corrected chi connectivity index (χ2v) is 5.35. The van der Waals surface area contributed by atoms with Crippen LogP contribution in [0.25, 0.3) is 0 Å². The molecule has 1 N–H and O–H groups in total. The quantitative estimate of drug-likeness (QED) is 0.836. The van der Waals surface area contributed by atoms with Crippen LogP contribution in [0.3, 0.4) is 0 Å². The van der Waals surface area contributed by atoms with Crippen LogP contribution in [0, 0.1) is 11.7 Å². The van der Waals surface area contributed by atoms with Crippen LogP contribution in [0.2, 0.25) is 0 Å². The van der Waals surface area contributed by atoms with E-state index in [0.29, 0.717) is 12.5 Å². The molecule has 0 amide bonds. The van der Waals surface area contributed by atoms with Gasteiger partial charge in [0.1, 0.15) is 11.6 Å². The molecule has 2 aliphatic rings. The van der Waals surface area contributed by atoms with E-state index in [0.717, 1.165) is 56.0 Å². The van der Waals surface area contributed by atoms with Crippen molar-refractivity contribution in [1.29, 1.82) is 0 Å². The van der Waals surface area contributed by atoms with Crippen molar-refractivity contribution < 1.29 is 18.6 Å². The van der Waals surface area contributed by atoms with Gasteiger partial charge in [0.15, 0.2) is 6.79 Å². The van der Waals surface area contributed by atoms with Crippen LogP contribution in [-0.2, 0) is 22.5 Å². The molecular formula is C15H20FNO3. The predicted molar refractivity (Wildman–Crippen MR) is 72.2 cm³/mol. The maximum atomic E-state index is 13.6. The van der Waals surface area contributed by atoms with Gasteiger partial charge in [0.25, 0.3) is 0 Å². The van der Waals surface area contributed by atoms with E-state index >= 15 is 0 Å². The first-order valence-corrected chi connectivity index (χ1v) is 7.13. The lowest BCUT2D eigenvalue weighted by molar-refractivity contribution is -0.0172. The van der Waals surface area contributed by atoms with Crippen LogP contribution < -0.4 is 10.1 Å². The second kappa shape index (κ2) is 6.52. The van der Waals surface area contributed by atoms with Crippen LogP contribution in [0.4, 0.5) is 4.39 Å². The maximum absolute atomic E-state index is 13.6. The van der Waals surface area contributed by atoms with Crippen LogP contribution >= 0.6 is 0 Å². The first-order chi connectivity index (χ1) is 9.83. The lowest BCUT2D eigenvalue weighted by Gasteiger charge is -2.21. The number of halogens is 1. The Hall–Kier alpha value is -1.17. The first kappa shape index (κ1) is 13.8. The molecule has 0 spiro atoms. The molecule has 1 aromatic carbocycles. The van der Waals surface area contributed by atoms with E-state index in [4.69, 9.17) is 14.2 Å². The van der Waals surface area contributed by atoms with Gasteiger partial charge in [-0.25, -0.2) is 4.39 Å². The summed E-state index contributed by atoms with van der Waals surface area (Å²) in [4.78, 5) is 0. The molecule has 2 heterocycles. The van der Waals surface area contributed by atoms with Gasteiger partial charge in [-0.05, 0) is 43.0 Å². The normalized spacial score (nSPS) is 21.6. The number of rotatable bonds is 5. The summed E-state index contributed by atoms with van der Waals surface area (Å²) >= 11 is 0. The summed E-state index contributed by atoms with van der Waals surface area (Å²) in [6.07, 6.45) is 1.89. The van der Waals surface area contributed by atoms with Gasteiger partial charge in [-0.15, -0.1) is 0 Å². The topological polar surface area (TPSA) is 39.7 Å². The van der Waals surface area contributed by atoms with Gasteiger partial charge in [-0.3, -0.25) is 0 Å². The Labute approximate surface area is 118 Å². The number of benzene rings is 1. The van der Waals surface area contributed by atoms with Crippen molar-refractivity contribution in [3.8, 4) is 5.75 Å². The van der Waals surface area contributed by atoms with Crippen molar-refractivity contribution in [1.82, 2.24) is 5.32 Å². The van der Waals surface area contributed by atoms with Crippen LogP contribution in [0.5, 0.6) is 5.75 Å². The average molecular weight is 281 g/mol. The number of ether oxygens (including phenoxy) is 3. The molecule has 0 bridgehead atoms. The van der Waals surface area contributed by atoms with E-state index in [1.807, 2.05) is 0 Å². The lowest BCUT2D eigenvalue weighted by atomic mass is 10.0. The highest BCUT2D eigenvalue weighted by atomic mass is 19.1. The molecule has 0 radical (unpaired) electrons. The molecule has 110 valence electrons. The zero-order chi connectivity index (χ0) is 13.8. The molecular weight excluding hydrogens is 261 g/mol. The van der Waals surface area contributed by atoms with Crippen molar-refractivity contribution in [2.45, 2.75) is 19.4 Å². The Kier molecular flexibility index (Phi) is 4.50. The molecule has 4 nitrogen and oxygen atoms in total. The summed E-state index contributed by atoms with van der Waals surface area (Å²) in [5.74, 6) is 1.18. The monoisotopic (exact) mass is 281 g/mol. The van der Waals surface area contributed by atoms with Crippen molar-refractivity contribution in [3.05, 3.63) is 29.1 Å². The molecule has 3 rings (SSSR count). The SMILES string of the molecule is Fc1cc(CCNC[C@@H]2CCOC2)c2c(c1)COCO2. The van der Waals surface area contributed by atoms with Gasteiger partial charge in [0.2, 0.25) is 0 Å². The highest BCUT2D eigenvalue weighted by Gasteiger charge is 2.17. The Balaban J connectivity index is 1.55. The fourth-order valence-electron chi connectivity index (χ4n) is 2.72.